The van der Waals surface area contributed by atoms with Crippen LogP contribution in [0.15, 0.2) is 35.3 Å². The molecule has 22 heavy (non-hydrogen) atoms. The molecule has 0 heterocycles. The van der Waals surface area contributed by atoms with Crippen molar-refractivity contribution < 1.29 is 19.1 Å². The molecule has 0 aliphatic carbocycles. The van der Waals surface area contributed by atoms with E-state index in [0.717, 1.165) is 5.56 Å². The van der Waals surface area contributed by atoms with E-state index in [1.807, 2.05) is 6.07 Å². The molecule has 1 aromatic carbocycles. The minimum absolute atomic E-state index is 0.130. The second kappa shape index (κ2) is 9.29. The van der Waals surface area contributed by atoms with Crippen molar-refractivity contribution in [3.8, 4) is 6.07 Å². The molecule has 1 rings (SSSR count). The minimum atomic E-state index is -1.40. The van der Waals surface area contributed by atoms with Crippen LogP contribution in [-0.4, -0.2) is 37.4 Å². The summed E-state index contributed by atoms with van der Waals surface area (Å²) in [6.07, 6.45) is 1.27. The summed E-state index contributed by atoms with van der Waals surface area (Å²) >= 11 is 0. The van der Waals surface area contributed by atoms with Gasteiger partial charge in [-0.3, -0.25) is 4.99 Å². The Morgan fingerprint density at radius 2 is 1.73 bits per heavy atom. The number of rotatable bonds is 7. The summed E-state index contributed by atoms with van der Waals surface area (Å²) in [6, 6.07) is 9.61. The number of nitriles is 1. The molecular weight excluding hydrogens is 284 g/mol. The average molecular weight is 302 g/mol. The second-order valence-electron chi connectivity index (χ2n) is 4.22. The molecule has 0 spiro atoms. The lowest BCUT2D eigenvalue weighted by atomic mass is 10.0. The molecule has 0 saturated heterocycles. The van der Waals surface area contributed by atoms with Crippen molar-refractivity contribution >= 4 is 18.2 Å². The van der Waals surface area contributed by atoms with Crippen molar-refractivity contribution in [2.45, 2.75) is 25.8 Å². The normalized spacial score (nSPS) is 11.9. The lowest BCUT2D eigenvalue weighted by Crippen LogP contribution is -2.32. The highest BCUT2D eigenvalue weighted by Crippen LogP contribution is 2.13. The van der Waals surface area contributed by atoms with Crippen molar-refractivity contribution in [2.24, 2.45) is 4.99 Å². The van der Waals surface area contributed by atoms with Crippen LogP contribution in [0.5, 0.6) is 0 Å². The summed E-state index contributed by atoms with van der Waals surface area (Å²) in [5.41, 5.74) is 0.722. The Balaban J connectivity index is 2.93. The molecule has 0 aliphatic rings. The molecule has 0 aliphatic heterocycles. The van der Waals surface area contributed by atoms with Crippen LogP contribution in [0, 0.1) is 11.3 Å². The van der Waals surface area contributed by atoms with Crippen molar-refractivity contribution in [2.75, 3.05) is 13.2 Å². The molecule has 1 unspecified atom stereocenters. The molecule has 0 bridgehead atoms. The fraction of sp³-hybridized carbons (Fsp3) is 0.375. The van der Waals surface area contributed by atoms with E-state index in [-0.39, 0.29) is 13.2 Å². The number of ether oxygens (including phenoxy) is 2. The van der Waals surface area contributed by atoms with Gasteiger partial charge in [0.15, 0.2) is 0 Å². The predicted molar refractivity (Wildman–Crippen MR) is 80.3 cm³/mol. The Kier molecular flexibility index (Phi) is 7.34. The SMILES string of the molecule is CCOC(=O)C(N=CC(C#N)c1ccccc1)C(=O)OCC. The van der Waals surface area contributed by atoms with E-state index < -0.39 is 23.9 Å². The zero-order valence-corrected chi connectivity index (χ0v) is 12.6. The van der Waals surface area contributed by atoms with E-state index in [1.54, 1.807) is 38.1 Å². The van der Waals surface area contributed by atoms with Gasteiger partial charge in [-0.1, -0.05) is 30.3 Å². The Morgan fingerprint density at radius 3 is 2.18 bits per heavy atom. The van der Waals surface area contributed by atoms with Crippen molar-refractivity contribution in [1.29, 1.82) is 5.26 Å². The highest BCUT2D eigenvalue weighted by atomic mass is 16.6. The monoisotopic (exact) mass is 302 g/mol. The van der Waals surface area contributed by atoms with Crippen LogP contribution in [0.3, 0.4) is 0 Å². The zero-order chi connectivity index (χ0) is 16.4. The van der Waals surface area contributed by atoms with Crippen LogP contribution in [0.25, 0.3) is 0 Å². The van der Waals surface area contributed by atoms with E-state index in [1.165, 1.54) is 6.21 Å². The summed E-state index contributed by atoms with van der Waals surface area (Å²) in [5.74, 6) is -2.24. The van der Waals surface area contributed by atoms with Gasteiger partial charge in [0.25, 0.3) is 0 Å². The first-order chi connectivity index (χ1) is 10.6. The van der Waals surface area contributed by atoms with Gasteiger partial charge >= 0.3 is 11.9 Å². The quantitative estimate of drug-likeness (QED) is 0.436. The summed E-state index contributed by atoms with van der Waals surface area (Å²) in [7, 11) is 0. The Bertz CT molecular complexity index is 545. The van der Waals surface area contributed by atoms with Gasteiger partial charge in [0.2, 0.25) is 6.04 Å². The first-order valence-electron chi connectivity index (χ1n) is 6.95. The van der Waals surface area contributed by atoms with Crippen molar-refractivity contribution in [3.05, 3.63) is 35.9 Å². The van der Waals surface area contributed by atoms with Gasteiger partial charge in [0.1, 0.15) is 5.92 Å². The van der Waals surface area contributed by atoms with E-state index >= 15 is 0 Å². The van der Waals surface area contributed by atoms with E-state index in [2.05, 4.69) is 11.1 Å². The third-order valence-electron chi connectivity index (χ3n) is 2.70. The first kappa shape index (κ1) is 17.4. The Hall–Kier alpha value is -2.68. The van der Waals surface area contributed by atoms with Gasteiger partial charge < -0.3 is 9.47 Å². The van der Waals surface area contributed by atoms with Gasteiger partial charge in [-0.05, 0) is 19.4 Å². The number of aliphatic imine (C=N–C) groups is 1. The minimum Gasteiger partial charge on any atom is -0.464 e. The van der Waals surface area contributed by atoms with E-state index in [4.69, 9.17) is 9.47 Å². The summed E-state index contributed by atoms with van der Waals surface area (Å²) in [6.45, 7) is 3.52. The average Bonchev–Trinajstić information content (AvgIpc) is 2.53. The Labute approximate surface area is 129 Å². The number of carbonyl (C=O) groups excluding carboxylic acids is 2. The molecule has 6 nitrogen and oxygen atoms in total. The fourth-order valence-electron chi connectivity index (χ4n) is 1.69. The number of esters is 2. The van der Waals surface area contributed by atoms with E-state index in [0.29, 0.717) is 0 Å². The smallest absolute Gasteiger partial charge is 0.342 e. The standard InChI is InChI=1S/C16H18N2O4/c1-3-21-15(19)14(16(20)22-4-2)18-11-13(10-17)12-8-6-5-7-9-12/h5-9,11,13-14H,3-4H2,1-2H3. The lowest BCUT2D eigenvalue weighted by Gasteiger charge is -2.11. The topological polar surface area (TPSA) is 88.8 Å². The third-order valence-corrected chi connectivity index (χ3v) is 2.70. The molecule has 0 amide bonds. The summed E-state index contributed by atoms with van der Waals surface area (Å²) in [5, 5.41) is 9.20. The van der Waals surface area contributed by atoms with Crippen LogP contribution in [0.1, 0.15) is 25.3 Å². The highest BCUT2D eigenvalue weighted by molar-refractivity contribution is 6.00. The van der Waals surface area contributed by atoms with Crippen molar-refractivity contribution in [1.82, 2.24) is 0 Å². The number of hydrogen-bond donors (Lipinski definition) is 0. The maximum Gasteiger partial charge on any atom is 0.342 e. The highest BCUT2D eigenvalue weighted by Gasteiger charge is 2.28. The third kappa shape index (κ3) is 5.02. The van der Waals surface area contributed by atoms with Crippen LogP contribution < -0.4 is 0 Å². The van der Waals surface area contributed by atoms with Gasteiger partial charge in [-0.25, -0.2) is 9.59 Å². The predicted octanol–water partition coefficient (Wildman–Crippen LogP) is 1.86. The van der Waals surface area contributed by atoms with Gasteiger partial charge in [-0.2, -0.15) is 5.26 Å². The largest absolute Gasteiger partial charge is 0.464 e. The molecule has 0 fully saturated rings. The molecule has 0 N–H and O–H groups in total. The molecule has 1 atom stereocenters. The van der Waals surface area contributed by atoms with Crippen LogP contribution in [-0.2, 0) is 19.1 Å². The van der Waals surface area contributed by atoms with Gasteiger partial charge in [-0.15, -0.1) is 0 Å². The second-order valence-corrected chi connectivity index (χ2v) is 4.22. The molecule has 116 valence electrons. The van der Waals surface area contributed by atoms with Crippen molar-refractivity contribution in [3.63, 3.8) is 0 Å². The van der Waals surface area contributed by atoms with Crippen LogP contribution in [0.2, 0.25) is 0 Å². The maximum atomic E-state index is 11.8. The lowest BCUT2D eigenvalue weighted by molar-refractivity contribution is -0.156. The zero-order valence-electron chi connectivity index (χ0n) is 12.6. The summed E-state index contributed by atoms with van der Waals surface area (Å²) in [4.78, 5) is 27.5. The number of benzene rings is 1. The molecule has 6 heteroatoms. The van der Waals surface area contributed by atoms with Crippen LogP contribution in [0.4, 0.5) is 0 Å². The van der Waals surface area contributed by atoms with Gasteiger partial charge in [0, 0.05) is 6.21 Å². The molecule has 0 aromatic heterocycles. The Morgan fingerprint density at radius 1 is 1.18 bits per heavy atom. The number of carbonyl (C=O) groups is 2. The first-order valence-corrected chi connectivity index (χ1v) is 6.95. The maximum absolute atomic E-state index is 11.8. The van der Waals surface area contributed by atoms with Crippen LogP contribution >= 0.6 is 0 Å². The summed E-state index contributed by atoms with van der Waals surface area (Å²) < 4.78 is 9.61. The number of nitrogens with zero attached hydrogens (tertiary/aromatic N) is 2. The van der Waals surface area contributed by atoms with E-state index in [9.17, 15) is 14.9 Å². The fourth-order valence-corrected chi connectivity index (χ4v) is 1.69. The number of hydrogen-bond acceptors (Lipinski definition) is 6. The molecular formula is C16H18N2O4. The molecule has 1 aromatic rings. The van der Waals surface area contributed by atoms with Gasteiger partial charge in [0.05, 0.1) is 19.3 Å². The molecule has 0 radical (unpaired) electrons. The molecule has 0 saturated carbocycles.